The van der Waals surface area contributed by atoms with Gasteiger partial charge in [-0.25, -0.2) is 4.79 Å². The van der Waals surface area contributed by atoms with E-state index < -0.39 is 30.1 Å². The van der Waals surface area contributed by atoms with Crippen LogP contribution in [0.15, 0.2) is 48.5 Å². The van der Waals surface area contributed by atoms with E-state index >= 15 is 0 Å². The minimum absolute atomic E-state index is 0.0594. The molecule has 3 N–H and O–H groups in total. The molecule has 1 fully saturated rings. The number of alkyl carbamates (subject to hydrolysis) is 1. The lowest BCUT2D eigenvalue weighted by Crippen LogP contribution is -2.51. The number of carboxylic acid groups (broad SMARTS) is 1. The largest absolute Gasteiger partial charge is 0.481 e. The summed E-state index contributed by atoms with van der Waals surface area (Å²) in [4.78, 5) is 37.1. The van der Waals surface area contributed by atoms with Crippen LogP contribution in [-0.4, -0.2) is 41.8 Å². The summed E-state index contributed by atoms with van der Waals surface area (Å²) >= 11 is 0. The molecular formula is C27H32N2O5. The van der Waals surface area contributed by atoms with Gasteiger partial charge in [0.25, 0.3) is 0 Å². The molecule has 7 nitrogen and oxygen atoms in total. The van der Waals surface area contributed by atoms with Gasteiger partial charge in [-0.3, -0.25) is 9.59 Å². The smallest absolute Gasteiger partial charge is 0.407 e. The van der Waals surface area contributed by atoms with Crippen molar-refractivity contribution in [1.29, 1.82) is 0 Å². The molecule has 180 valence electrons. The number of hydrogen-bond acceptors (Lipinski definition) is 4. The van der Waals surface area contributed by atoms with Crippen LogP contribution < -0.4 is 10.6 Å². The molecule has 0 aliphatic heterocycles. The predicted octanol–water partition coefficient (Wildman–Crippen LogP) is 4.45. The van der Waals surface area contributed by atoms with Crippen LogP contribution in [0.4, 0.5) is 4.79 Å². The summed E-state index contributed by atoms with van der Waals surface area (Å²) in [6.45, 7) is 2.19. The van der Waals surface area contributed by atoms with E-state index in [0.717, 1.165) is 41.5 Å². The number of carbonyl (C=O) groups is 3. The summed E-state index contributed by atoms with van der Waals surface area (Å²) in [7, 11) is 0. The van der Waals surface area contributed by atoms with Crippen molar-refractivity contribution in [3.05, 3.63) is 59.7 Å². The minimum atomic E-state index is -0.891. The molecule has 4 rings (SSSR count). The second kappa shape index (κ2) is 10.7. The van der Waals surface area contributed by atoms with Gasteiger partial charge in [0.1, 0.15) is 12.6 Å². The molecule has 2 aromatic carbocycles. The zero-order valence-corrected chi connectivity index (χ0v) is 19.5. The van der Waals surface area contributed by atoms with Crippen LogP contribution in [0.5, 0.6) is 0 Å². The number of unbranched alkanes of at least 4 members (excludes halogenated alkanes) is 1. The number of carboxylic acids is 1. The van der Waals surface area contributed by atoms with E-state index in [1.807, 2.05) is 31.2 Å². The SMILES string of the molecule is CCCCC(NC(=O)OCC1c2ccccc2-c2ccccc21)C(=O)N[C@H]1CCC[C@H]1C(=O)O. The minimum Gasteiger partial charge on any atom is -0.481 e. The van der Waals surface area contributed by atoms with Crippen molar-refractivity contribution in [3.63, 3.8) is 0 Å². The number of benzene rings is 2. The molecule has 7 heteroatoms. The van der Waals surface area contributed by atoms with Crippen LogP contribution in [0.25, 0.3) is 11.1 Å². The first kappa shape index (κ1) is 23.8. The van der Waals surface area contributed by atoms with Gasteiger partial charge in [0.15, 0.2) is 0 Å². The first-order valence-corrected chi connectivity index (χ1v) is 12.1. The van der Waals surface area contributed by atoms with Gasteiger partial charge in [0, 0.05) is 12.0 Å². The standard InChI is InChI=1S/C27H32N2O5/c1-2-3-14-24(25(30)28-23-15-8-13-21(23)26(31)32)29-27(33)34-16-22-19-11-6-4-9-17(19)18-10-5-7-12-20(18)22/h4-7,9-12,21-24H,2-3,8,13-16H2,1H3,(H,28,30)(H,29,33)(H,31,32)/t21-,23+,24?/m1/s1. The first-order valence-electron chi connectivity index (χ1n) is 12.1. The highest BCUT2D eigenvalue weighted by atomic mass is 16.5. The van der Waals surface area contributed by atoms with E-state index in [0.29, 0.717) is 19.3 Å². The number of aliphatic carboxylic acids is 1. The fourth-order valence-electron chi connectivity index (χ4n) is 5.17. The third kappa shape index (κ3) is 5.08. The Hall–Kier alpha value is -3.35. The van der Waals surface area contributed by atoms with E-state index in [9.17, 15) is 19.5 Å². The highest BCUT2D eigenvalue weighted by Gasteiger charge is 2.35. The molecule has 0 spiro atoms. The Bertz CT molecular complexity index is 1010. The normalized spacial score (nSPS) is 19.7. The molecule has 2 aliphatic carbocycles. The van der Waals surface area contributed by atoms with Gasteiger partial charge in [-0.15, -0.1) is 0 Å². The number of carbonyl (C=O) groups excluding carboxylic acids is 2. The van der Waals surface area contributed by atoms with Gasteiger partial charge in [-0.1, -0.05) is 74.7 Å². The Morgan fingerprint density at radius 2 is 1.68 bits per heavy atom. The van der Waals surface area contributed by atoms with Gasteiger partial charge in [-0.2, -0.15) is 0 Å². The molecule has 34 heavy (non-hydrogen) atoms. The van der Waals surface area contributed by atoms with Crippen LogP contribution in [0.3, 0.4) is 0 Å². The molecule has 0 saturated heterocycles. The lowest BCUT2D eigenvalue weighted by Gasteiger charge is -2.23. The third-order valence-electron chi connectivity index (χ3n) is 6.96. The summed E-state index contributed by atoms with van der Waals surface area (Å²) < 4.78 is 5.61. The maximum absolute atomic E-state index is 12.9. The first-order chi connectivity index (χ1) is 16.5. The van der Waals surface area contributed by atoms with Crippen molar-refractivity contribution in [2.24, 2.45) is 5.92 Å². The van der Waals surface area contributed by atoms with Crippen LogP contribution in [0.2, 0.25) is 0 Å². The lowest BCUT2D eigenvalue weighted by molar-refractivity contribution is -0.142. The second-order valence-electron chi connectivity index (χ2n) is 9.16. The monoisotopic (exact) mass is 464 g/mol. The third-order valence-corrected chi connectivity index (χ3v) is 6.96. The number of rotatable bonds is 9. The van der Waals surface area contributed by atoms with E-state index in [4.69, 9.17) is 4.74 Å². The second-order valence-corrected chi connectivity index (χ2v) is 9.16. The number of amides is 2. The average Bonchev–Trinajstić information content (AvgIpc) is 3.43. The molecule has 1 saturated carbocycles. The van der Waals surface area contributed by atoms with Crippen LogP contribution >= 0.6 is 0 Å². The fourth-order valence-corrected chi connectivity index (χ4v) is 5.17. The highest BCUT2D eigenvalue weighted by Crippen LogP contribution is 2.44. The maximum Gasteiger partial charge on any atom is 0.407 e. The zero-order chi connectivity index (χ0) is 24.1. The van der Waals surface area contributed by atoms with Crippen molar-refractivity contribution in [3.8, 4) is 11.1 Å². The Balaban J connectivity index is 1.39. The predicted molar refractivity (Wildman–Crippen MR) is 128 cm³/mol. The van der Waals surface area contributed by atoms with E-state index in [-0.39, 0.29) is 18.4 Å². The van der Waals surface area contributed by atoms with Gasteiger partial charge in [0.2, 0.25) is 5.91 Å². The number of hydrogen-bond donors (Lipinski definition) is 3. The summed E-state index contributed by atoms with van der Waals surface area (Å²) in [5, 5.41) is 15.0. The zero-order valence-electron chi connectivity index (χ0n) is 19.5. The molecule has 0 bridgehead atoms. The van der Waals surface area contributed by atoms with Gasteiger partial charge >= 0.3 is 12.1 Å². The topological polar surface area (TPSA) is 105 Å². The van der Waals surface area contributed by atoms with Gasteiger partial charge in [0.05, 0.1) is 5.92 Å². The van der Waals surface area contributed by atoms with Crippen molar-refractivity contribution in [2.75, 3.05) is 6.61 Å². The van der Waals surface area contributed by atoms with Crippen LogP contribution in [0.1, 0.15) is 62.5 Å². The molecule has 0 aromatic heterocycles. The van der Waals surface area contributed by atoms with Gasteiger partial charge in [-0.05, 0) is 41.5 Å². The van der Waals surface area contributed by atoms with Crippen molar-refractivity contribution < 1.29 is 24.2 Å². The number of ether oxygens (including phenoxy) is 1. The number of nitrogens with one attached hydrogen (secondary N) is 2. The van der Waals surface area contributed by atoms with Crippen LogP contribution in [-0.2, 0) is 14.3 Å². The lowest BCUT2D eigenvalue weighted by atomic mass is 9.98. The Morgan fingerprint density at radius 1 is 1.03 bits per heavy atom. The molecule has 0 heterocycles. The molecule has 3 atom stereocenters. The van der Waals surface area contributed by atoms with E-state index in [2.05, 4.69) is 34.9 Å². The summed E-state index contributed by atoms with van der Waals surface area (Å²) in [6.07, 6.45) is 3.41. The van der Waals surface area contributed by atoms with Gasteiger partial charge < -0.3 is 20.5 Å². The fraction of sp³-hybridized carbons (Fsp3) is 0.444. The summed E-state index contributed by atoms with van der Waals surface area (Å²) in [6, 6.07) is 15.1. The molecular weight excluding hydrogens is 432 g/mol. The van der Waals surface area contributed by atoms with Crippen LogP contribution in [0, 0.1) is 5.92 Å². The molecule has 2 aliphatic rings. The number of fused-ring (bicyclic) bond motifs is 3. The molecule has 0 radical (unpaired) electrons. The van der Waals surface area contributed by atoms with Crippen molar-refractivity contribution in [2.45, 2.75) is 63.5 Å². The Labute approximate surface area is 199 Å². The Morgan fingerprint density at radius 3 is 2.29 bits per heavy atom. The Kier molecular flexibility index (Phi) is 7.50. The molecule has 1 unspecified atom stereocenters. The highest BCUT2D eigenvalue weighted by molar-refractivity contribution is 5.86. The quantitative estimate of drug-likeness (QED) is 0.508. The summed E-state index contributed by atoms with van der Waals surface area (Å²) in [5.41, 5.74) is 4.55. The molecule has 2 amide bonds. The summed E-state index contributed by atoms with van der Waals surface area (Å²) in [5.74, 6) is -1.88. The van der Waals surface area contributed by atoms with Crippen molar-refractivity contribution in [1.82, 2.24) is 10.6 Å². The van der Waals surface area contributed by atoms with Crippen molar-refractivity contribution >= 4 is 18.0 Å². The van der Waals surface area contributed by atoms with E-state index in [1.54, 1.807) is 0 Å². The molecule has 2 aromatic rings. The maximum atomic E-state index is 12.9. The van der Waals surface area contributed by atoms with E-state index in [1.165, 1.54) is 0 Å². The average molecular weight is 465 g/mol.